The quantitative estimate of drug-likeness (QED) is 0.755. The molecule has 0 spiro atoms. The second-order valence-corrected chi connectivity index (χ2v) is 5.87. The van der Waals surface area contributed by atoms with E-state index in [9.17, 15) is 22.8 Å². The third-order valence-electron chi connectivity index (χ3n) is 3.74. The van der Waals surface area contributed by atoms with E-state index in [1.807, 2.05) is 30.3 Å². The van der Waals surface area contributed by atoms with E-state index in [0.29, 0.717) is 5.56 Å². The van der Waals surface area contributed by atoms with Gasteiger partial charge >= 0.3 is 6.18 Å². The summed E-state index contributed by atoms with van der Waals surface area (Å²) in [7, 11) is 0. The van der Waals surface area contributed by atoms with Gasteiger partial charge in [0.05, 0.1) is 18.2 Å². The van der Waals surface area contributed by atoms with Crippen LogP contribution in [0.4, 0.5) is 13.2 Å². The average molecular weight is 376 g/mol. The van der Waals surface area contributed by atoms with Gasteiger partial charge in [-0.1, -0.05) is 42.5 Å². The molecule has 2 N–H and O–H groups in total. The molecule has 0 aromatic heterocycles. The summed E-state index contributed by atoms with van der Waals surface area (Å²) in [6, 6.07) is 13.3. The van der Waals surface area contributed by atoms with Crippen LogP contribution >= 0.6 is 0 Å². The number of nitrogens with one attached hydrogen (secondary N) is 2. The molecule has 2 rings (SSSR count). The van der Waals surface area contributed by atoms with E-state index >= 15 is 0 Å². The van der Waals surface area contributed by atoms with Crippen molar-refractivity contribution in [2.75, 3.05) is 6.54 Å². The first-order valence-electron chi connectivity index (χ1n) is 8.23. The fourth-order valence-corrected chi connectivity index (χ4v) is 2.32. The van der Waals surface area contributed by atoms with Gasteiger partial charge < -0.3 is 10.6 Å². The molecule has 0 radical (unpaired) electrons. The van der Waals surface area contributed by atoms with Crippen LogP contribution in [0.1, 0.15) is 29.7 Å². The lowest BCUT2D eigenvalue weighted by atomic mass is 10.0. The lowest BCUT2D eigenvalue weighted by Gasteiger charge is -2.16. The molecule has 1 atom stereocenters. The third kappa shape index (κ3) is 6.62. The Kier molecular flexibility index (Phi) is 6.76. The summed E-state index contributed by atoms with van der Waals surface area (Å²) in [5, 5.41) is 4.99. The Balaban J connectivity index is 1.85. The van der Waals surface area contributed by atoms with E-state index in [0.717, 1.165) is 17.7 Å². The molecule has 2 amide bonds. The molecule has 142 valence electrons. The minimum atomic E-state index is -4.45. The van der Waals surface area contributed by atoms with Crippen molar-refractivity contribution in [2.45, 2.75) is 19.1 Å². The van der Waals surface area contributed by atoms with Crippen molar-refractivity contribution < 1.29 is 22.8 Å². The van der Waals surface area contributed by atoms with Gasteiger partial charge in [0.1, 0.15) is 0 Å². The van der Waals surface area contributed by atoms with Crippen molar-refractivity contribution in [1.29, 1.82) is 0 Å². The zero-order chi connectivity index (χ0) is 19.9. The van der Waals surface area contributed by atoms with Crippen LogP contribution in [0.2, 0.25) is 0 Å². The van der Waals surface area contributed by atoms with Crippen LogP contribution in [0.15, 0.2) is 60.7 Å². The molecule has 0 saturated heterocycles. The zero-order valence-electron chi connectivity index (χ0n) is 14.6. The summed E-state index contributed by atoms with van der Waals surface area (Å²) in [5.74, 6) is -0.943. The second kappa shape index (κ2) is 9.02. The number of carbonyl (C=O) groups is 2. The van der Waals surface area contributed by atoms with E-state index < -0.39 is 29.6 Å². The van der Waals surface area contributed by atoms with Gasteiger partial charge in [-0.2, -0.15) is 13.2 Å². The molecule has 0 aliphatic rings. The highest BCUT2D eigenvalue weighted by molar-refractivity contribution is 5.94. The minimum absolute atomic E-state index is 0.277. The van der Waals surface area contributed by atoms with Crippen LogP contribution in [0.3, 0.4) is 0 Å². The number of benzene rings is 2. The molecular weight excluding hydrogens is 357 g/mol. The van der Waals surface area contributed by atoms with Crippen molar-refractivity contribution in [3.05, 3.63) is 77.4 Å². The highest BCUT2D eigenvalue weighted by atomic mass is 19.4. The lowest BCUT2D eigenvalue weighted by Crippen LogP contribution is -2.37. The largest absolute Gasteiger partial charge is 0.416 e. The molecule has 4 nitrogen and oxygen atoms in total. The van der Waals surface area contributed by atoms with Crippen molar-refractivity contribution >= 4 is 17.9 Å². The van der Waals surface area contributed by atoms with Gasteiger partial charge in [-0.25, -0.2) is 0 Å². The molecule has 0 bridgehead atoms. The van der Waals surface area contributed by atoms with Crippen molar-refractivity contribution in [3.8, 4) is 0 Å². The summed E-state index contributed by atoms with van der Waals surface area (Å²) in [6.07, 6.45) is -1.53. The maximum atomic E-state index is 12.8. The fourth-order valence-electron chi connectivity index (χ4n) is 2.32. The number of hydrogen-bond acceptors (Lipinski definition) is 2. The number of carbonyl (C=O) groups excluding carboxylic acids is 2. The van der Waals surface area contributed by atoms with Gasteiger partial charge in [-0.15, -0.1) is 0 Å². The molecule has 0 aliphatic carbocycles. The molecule has 7 heteroatoms. The highest BCUT2D eigenvalue weighted by Gasteiger charge is 2.30. The standard InChI is InChI=1S/C20H19F3N2O2/c1-14(16-8-5-9-17(12-16)20(21,22)23)25-19(27)13-24-18(26)11-10-15-6-3-2-4-7-15/h2-12,14H,13H2,1H3,(H,24,26)(H,25,27). The molecular formula is C20H19F3N2O2. The summed E-state index contributed by atoms with van der Waals surface area (Å²) >= 11 is 0. The first kappa shape index (κ1) is 20.2. The smallest absolute Gasteiger partial charge is 0.348 e. The Hall–Kier alpha value is -3.09. The van der Waals surface area contributed by atoms with E-state index in [1.54, 1.807) is 13.0 Å². The zero-order valence-corrected chi connectivity index (χ0v) is 14.6. The predicted octanol–water partition coefficient (Wildman–Crippen LogP) is 3.71. The maximum Gasteiger partial charge on any atom is 0.416 e. The topological polar surface area (TPSA) is 58.2 Å². The van der Waals surface area contributed by atoms with Crippen molar-refractivity contribution in [1.82, 2.24) is 10.6 Å². The number of alkyl halides is 3. The molecule has 27 heavy (non-hydrogen) atoms. The molecule has 2 aromatic rings. The molecule has 0 saturated carbocycles. The Labute approximate surface area is 155 Å². The predicted molar refractivity (Wildman–Crippen MR) is 96.5 cm³/mol. The normalized spacial score (nSPS) is 12.6. The van der Waals surface area contributed by atoms with Crippen molar-refractivity contribution in [3.63, 3.8) is 0 Å². The molecule has 0 aliphatic heterocycles. The Morgan fingerprint density at radius 3 is 2.44 bits per heavy atom. The number of rotatable bonds is 6. The van der Waals surface area contributed by atoms with E-state index in [-0.39, 0.29) is 6.54 Å². The van der Waals surface area contributed by atoms with Gasteiger partial charge in [0.2, 0.25) is 11.8 Å². The minimum Gasteiger partial charge on any atom is -0.348 e. The van der Waals surface area contributed by atoms with E-state index in [1.165, 1.54) is 18.2 Å². The highest BCUT2D eigenvalue weighted by Crippen LogP contribution is 2.30. The van der Waals surface area contributed by atoms with Gasteiger partial charge in [-0.05, 0) is 36.3 Å². The van der Waals surface area contributed by atoms with E-state index in [4.69, 9.17) is 0 Å². The summed E-state index contributed by atoms with van der Waals surface area (Å²) in [4.78, 5) is 23.6. The van der Waals surface area contributed by atoms with Crippen LogP contribution in [0.25, 0.3) is 6.08 Å². The van der Waals surface area contributed by atoms with Crippen LogP contribution in [-0.2, 0) is 15.8 Å². The van der Waals surface area contributed by atoms with Gasteiger partial charge in [0, 0.05) is 6.08 Å². The second-order valence-electron chi connectivity index (χ2n) is 5.87. The summed E-state index contributed by atoms with van der Waals surface area (Å²) < 4.78 is 38.3. The average Bonchev–Trinajstić information content (AvgIpc) is 2.65. The fraction of sp³-hybridized carbons (Fsp3) is 0.200. The summed E-state index contributed by atoms with van der Waals surface area (Å²) in [6.45, 7) is 1.30. The number of halogens is 3. The van der Waals surface area contributed by atoms with Gasteiger partial charge in [0.25, 0.3) is 0 Å². The third-order valence-corrected chi connectivity index (χ3v) is 3.74. The monoisotopic (exact) mass is 376 g/mol. The lowest BCUT2D eigenvalue weighted by molar-refractivity contribution is -0.137. The van der Waals surface area contributed by atoms with Crippen LogP contribution in [0.5, 0.6) is 0 Å². The SMILES string of the molecule is CC(NC(=O)CNC(=O)C=Cc1ccccc1)c1cccc(C(F)(F)F)c1. The van der Waals surface area contributed by atoms with E-state index in [2.05, 4.69) is 10.6 Å². The molecule has 1 unspecified atom stereocenters. The van der Waals surface area contributed by atoms with Gasteiger partial charge in [-0.3, -0.25) is 9.59 Å². The van der Waals surface area contributed by atoms with Gasteiger partial charge in [0.15, 0.2) is 0 Å². The summed E-state index contributed by atoms with van der Waals surface area (Å²) in [5.41, 5.74) is 0.393. The van der Waals surface area contributed by atoms with Crippen LogP contribution < -0.4 is 10.6 Å². The first-order valence-corrected chi connectivity index (χ1v) is 8.23. The molecule has 0 heterocycles. The molecule has 0 fully saturated rings. The van der Waals surface area contributed by atoms with Crippen LogP contribution in [0, 0.1) is 0 Å². The Morgan fingerprint density at radius 2 is 1.78 bits per heavy atom. The molecule has 2 aromatic carbocycles. The van der Waals surface area contributed by atoms with Crippen LogP contribution in [-0.4, -0.2) is 18.4 Å². The first-order chi connectivity index (χ1) is 12.8. The number of amides is 2. The number of hydrogen-bond donors (Lipinski definition) is 2. The Bertz CT molecular complexity index is 817. The maximum absolute atomic E-state index is 12.8. The van der Waals surface area contributed by atoms with Crippen molar-refractivity contribution in [2.24, 2.45) is 0 Å². The Morgan fingerprint density at radius 1 is 1.07 bits per heavy atom.